The SMILES string of the molecule is CC(C)CC(C)(C)CNCC1CCC(C(=O)O)CC1. The van der Waals surface area contributed by atoms with Crippen molar-refractivity contribution in [3.8, 4) is 0 Å². The minimum atomic E-state index is -0.607. The normalized spacial score (nSPS) is 24.7. The van der Waals surface area contributed by atoms with Crippen molar-refractivity contribution in [2.45, 2.75) is 59.8 Å². The smallest absolute Gasteiger partial charge is 0.306 e. The van der Waals surface area contributed by atoms with Gasteiger partial charge in [-0.25, -0.2) is 0 Å². The van der Waals surface area contributed by atoms with E-state index in [0.717, 1.165) is 44.7 Å². The van der Waals surface area contributed by atoms with Crippen molar-refractivity contribution < 1.29 is 9.90 Å². The van der Waals surface area contributed by atoms with Gasteiger partial charge in [-0.3, -0.25) is 4.79 Å². The molecule has 1 rings (SSSR count). The number of carbonyl (C=O) groups is 1. The van der Waals surface area contributed by atoms with Gasteiger partial charge in [0.1, 0.15) is 0 Å². The fourth-order valence-electron chi connectivity index (χ4n) is 3.41. The Morgan fingerprint density at radius 2 is 1.84 bits per heavy atom. The zero-order valence-electron chi connectivity index (χ0n) is 13.0. The number of carboxylic acid groups (broad SMARTS) is 1. The molecule has 0 unspecified atom stereocenters. The van der Waals surface area contributed by atoms with E-state index < -0.39 is 5.97 Å². The summed E-state index contributed by atoms with van der Waals surface area (Å²) in [4.78, 5) is 10.9. The lowest BCUT2D eigenvalue weighted by Gasteiger charge is -2.30. The Labute approximate surface area is 118 Å². The molecule has 112 valence electrons. The standard InChI is InChI=1S/C16H31NO2/c1-12(2)9-16(3,4)11-17-10-13-5-7-14(8-6-13)15(18)19/h12-14,17H,5-11H2,1-4H3,(H,18,19). The minimum absolute atomic E-state index is 0.0892. The maximum atomic E-state index is 10.9. The van der Waals surface area contributed by atoms with Crippen LogP contribution in [-0.4, -0.2) is 24.2 Å². The molecule has 19 heavy (non-hydrogen) atoms. The van der Waals surface area contributed by atoms with Gasteiger partial charge in [-0.2, -0.15) is 0 Å². The number of aliphatic carboxylic acids is 1. The van der Waals surface area contributed by atoms with Gasteiger partial charge in [0.2, 0.25) is 0 Å². The van der Waals surface area contributed by atoms with Crippen LogP contribution in [0.3, 0.4) is 0 Å². The van der Waals surface area contributed by atoms with Gasteiger partial charge in [-0.05, 0) is 55.9 Å². The molecule has 3 heteroatoms. The summed E-state index contributed by atoms with van der Waals surface area (Å²) in [5, 5.41) is 12.6. The van der Waals surface area contributed by atoms with E-state index in [1.54, 1.807) is 0 Å². The van der Waals surface area contributed by atoms with Gasteiger partial charge >= 0.3 is 5.97 Å². The van der Waals surface area contributed by atoms with Gasteiger partial charge in [0.25, 0.3) is 0 Å². The van der Waals surface area contributed by atoms with Gasteiger partial charge in [-0.1, -0.05) is 27.7 Å². The Bertz CT molecular complexity index is 278. The summed E-state index contributed by atoms with van der Waals surface area (Å²) in [7, 11) is 0. The summed E-state index contributed by atoms with van der Waals surface area (Å²) < 4.78 is 0. The first-order chi connectivity index (χ1) is 8.80. The Kier molecular flexibility index (Phi) is 6.31. The molecule has 1 saturated carbocycles. The van der Waals surface area contributed by atoms with Crippen molar-refractivity contribution in [2.24, 2.45) is 23.2 Å². The molecule has 0 bridgehead atoms. The van der Waals surface area contributed by atoms with Gasteiger partial charge in [0, 0.05) is 6.54 Å². The molecule has 1 fully saturated rings. The molecule has 1 aliphatic rings. The lowest BCUT2D eigenvalue weighted by atomic mass is 9.81. The van der Waals surface area contributed by atoms with Crippen molar-refractivity contribution in [1.29, 1.82) is 0 Å². The summed E-state index contributed by atoms with van der Waals surface area (Å²) in [5.74, 6) is 0.714. The molecule has 2 N–H and O–H groups in total. The second-order valence-corrected chi connectivity index (χ2v) is 7.45. The Hall–Kier alpha value is -0.570. The maximum Gasteiger partial charge on any atom is 0.306 e. The third kappa shape index (κ3) is 6.42. The molecule has 3 nitrogen and oxygen atoms in total. The molecule has 0 atom stereocenters. The monoisotopic (exact) mass is 269 g/mol. The average Bonchev–Trinajstić information content (AvgIpc) is 2.27. The molecule has 0 aromatic carbocycles. The molecule has 0 radical (unpaired) electrons. The van der Waals surface area contributed by atoms with Crippen LogP contribution in [0.1, 0.15) is 59.8 Å². The summed E-state index contributed by atoms with van der Waals surface area (Å²) in [6.07, 6.45) is 5.09. The van der Waals surface area contributed by atoms with Crippen molar-refractivity contribution in [3.63, 3.8) is 0 Å². The summed E-state index contributed by atoms with van der Waals surface area (Å²) in [6.45, 7) is 11.3. The van der Waals surface area contributed by atoms with E-state index in [2.05, 4.69) is 33.0 Å². The van der Waals surface area contributed by atoms with Gasteiger partial charge < -0.3 is 10.4 Å². The summed E-state index contributed by atoms with van der Waals surface area (Å²) in [5.41, 5.74) is 0.354. The third-order valence-corrected chi connectivity index (χ3v) is 4.19. The van der Waals surface area contributed by atoms with Crippen LogP contribution in [-0.2, 0) is 4.79 Å². The zero-order chi connectivity index (χ0) is 14.5. The molecule has 0 amide bonds. The molecule has 1 aliphatic carbocycles. The minimum Gasteiger partial charge on any atom is -0.481 e. The van der Waals surface area contributed by atoms with E-state index in [9.17, 15) is 4.79 Å². The average molecular weight is 269 g/mol. The van der Waals surface area contributed by atoms with Crippen LogP contribution in [0.2, 0.25) is 0 Å². The van der Waals surface area contributed by atoms with E-state index in [-0.39, 0.29) is 5.92 Å². The van der Waals surface area contributed by atoms with Gasteiger partial charge in [-0.15, -0.1) is 0 Å². The third-order valence-electron chi connectivity index (χ3n) is 4.19. The Balaban J connectivity index is 2.19. The molecule has 0 spiro atoms. The number of rotatable bonds is 7. The maximum absolute atomic E-state index is 10.9. The van der Waals surface area contributed by atoms with Crippen LogP contribution in [0.15, 0.2) is 0 Å². The van der Waals surface area contributed by atoms with Gasteiger partial charge in [0.15, 0.2) is 0 Å². The molecular weight excluding hydrogens is 238 g/mol. The predicted molar refractivity (Wildman–Crippen MR) is 79.2 cm³/mol. The topological polar surface area (TPSA) is 49.3 Å². The van der Waals surface area contributed by atoms with E-state index in [0.29, 0.717) is 11.3 Å². The fourth-order valence-corrected chi connectivity index (χ4v) is 3.41. The fraction of sp³-hybridized carbons (Fsp3) is 0.938. The van der Waals surface area contributed by atoms with Crippen LogP contribution < -0.4 is 5.32 Å². The summed E-state index contributed by atoms with van der Waals surface area (Å²) in [6, 6.07) is 0. The number of carboxylic acids is 1. The van der Waals surface area contributed by atoms with Crippen LogP contribution in [0.5, 0.6) is 0 Å². The van der Waals surface area contributed by atoms with E-state index >= 15 is 0 Å². The number of hydrogen-bond acceptors (Lipinski definition) is 2. The highest BCUT2D eigenvalue weighted by Crippen LogP contribution is 2.29. The highest BCUT2D eigenvalue weighted by molar-refractivity contribution is 5.69. The highest BCUT2D eigenvalue weighted by Gasteiger charge is 2.26. The first-order valence-corrected chi connectivity index (χ1v) is 7.73. The molecular formula is C16H31NO2. The van der Waals surface area contributed by atoms with Gasteiger partial charge in [0.05, 0.1) is 5.92 Å². The van der Waals surface area contributed by atoms with Crippen molar-refractivity contribution in [2.75, 3.05) is 13.1 Å². The van der Waals surface area contributed by atoms with Crippen LogP contribution in [0.25, 0.3) is 0 Å². The molecule has 0 saturated heterocycles. The second-order valence-electron chi connectivity index (χ2n) is 7.45. The molecule has 0 aromatic rings. The zero-order valence-corrected chi connectivity index (χ0v) is 13.0. The molecule has 0 aliphatic heterocycles. The first kappa shape index (κ1) is 16.5. The van der Waals surface area contributed by atoms with Crippen molar-refractivity contribution in [1.82, 2.24) is 5.32 Å². The first-order valence-electron chi connectivity index (χ1n) is 7.73. The largest absolute Gasteiger partial charge is 0.481 e. The Morgan fingerprint density at radius 1 is 1.26 bits per heavy atom. The quantitative estimate of drug-likeness (QED) is 0.743. The predicted octanol–water partition coefficient (Wildman–Crippen LogP) is 3.54. The van der Waals surface area contributed by atoms with Crippen molar-refractivity contribution in [3.05, 3.63) is 0 Å². The van der Waals surface area contributed by atoms with E-state index in [1.807, 2.05) is 0 Å². The molecule has 0 heterocycles. The number of hydrogen-bond donors (Lipinski definition) is 2. The summed E-state index contributed by atoms with van der Waals surface area (Å²) >= 11 is 0. The lowest BCUT2D eigenvalue weighted by Crippen LogP contribution is -2.35. The van der Waals surface area contributed by atoms with Crippen LogP contribution in [0.4, 0.5) is 0 Å². The lowest BCUT2D eigenvalue weighted by molar-refractivity contribution is -0.143. The number of nitrogens with one attached hydrogen (secondary N) is 1. The van der Waals surface area contributed by atoms with Crippen LogP contribution >= 0.6 is 0 Å². The second kappa shape index (κ2) is 7.28. The molecule has 0 aromatic heterocycles. The van der Waals surface area contributed by atoms with Crippen LogP contribution in [0, 0.1) is 23.2 Å². The Morgan fingerprint density at radius 3 is 2.32 bits per heavy atom. The van der Waals surface area contributed by atoms with E-state index in [1.165, 1.54) is 6.42 Å². The highest BCUT2D eigenvalue weighted by atomic mass is 16.4. The van der Waals surface area contributed by atoms with Crippen molar-refractivity contribution >= 4 is 5.97 Å². The van der Waals surface area contributed by atoms with E-state index in [4.69, 9.17) is 5.11 Å².